The summed E-state index contributed by atoms with van der Waals surface area (Å²) in [4.78, 5) is 22.5. The van der Waals surface area contributed by atoms with E-state index in [1.807, 2.05) is 27.7 Å². The average molecular weight is 245 g/mol. The highest BCUT2D eigenvalue weighted by Crippen LogP contribution is 2.08. The van der Waals surface area contributed by atoms with Crippen LogP contribution < -0.4 is 5.32 Å². The molecule has 0 aliphatic carbocycles. The van der Waals surface area contributed by atoms with E-state index in [4.69, 9.17) is 9.84 Å². The van der Waals surface area contributed by atoms with Crippen molar-refractivity contribution in [3.63, 3.8) is 0 Å². The monoisotopic (exact) mass is 245 g/mol. The molecule has 2 N–H and O–H groups in total. The van der Waals surface area contributed by atoms with Crippen molar-refractivity contribution in [3.8, 4) is 0 Å². The zero-order chi connectivity index (χ0) is 13.4. The minimum Gasteiger partial charge on any atom is -0.480 e. The first kappa shape index (κ1) is 15.9. The van der Waals surface area contributed by atoms with Crippen LogP contribution in [0, 0.1) is 5.92 Å². The van der Waals surface area contributed by atoms with Gasteiger partial charge in [-0.1, -0.05) is 20.3 Å². The molecule has 2 atom stereocenters. The van der Waals surface area contributed by atoms with E-state index >= 15 is 0 Å². The van der Waals surface area contributed by atoms with Crippen molar-refractivity contribution in [2.45, 2.75) is 52.7 Å². The fraction of sp³-hybridized carbons (Fsp3) is 0.833. The number of carboxylic acid groups (broad SMARTS) is 1. The number of aliphatic carboxylic acids is 1. The third kappa shape index (κ3) is 6.94. The topological polar surface area (TPSA) is 75.6 Å². The summed E-state index contributed by atoms with van der Waals surface area (Å²) in [6.07, 6.45) is 0.977. The van der Waals surface area contributed by atoms with Gasteiger partial charge in [-0.15, -0.1) is 0 Å². The van der Waals surface area contributed by atoms with Crippen LogP contribution in [-0.4, -0.2) is 35.7 Å². The molecule has 0 radical (unpaired) electrons. The second-order valence-corrected chi connectivity index (χ2v) is 4.44. The van der Waals surface area contributed by atoms with Gasteiger partial charge in [0.2, 0.25) is 5.91 Å². The number of amides is 1. The van der Waals surface area contributed by atoms with E-state index < -0.39 is 12.0 Å². The summed E-state index contributed by atoms with van der Waals surface area (Å²) in [5, 5.41) is 11.5. The summed E-state index contributed by atoms with van der Waals surface area (Å²) in [7, 11) is 0. The fourth-order valence-corrected chi connectivity index (χ4v) is 1.32. The zero-order valence-corrected chi connectivity index (χ0v) is 11.0. The molecule has 1 amide bonds. The second-order valence-electron chi connectivity index (χ2n) is 4.44. The molecular formula is C12H23NO4. The first-order valence-corrected chi connectivity index (χ1v) is 6.02. The SMILES string of the molecule is CCC(C)C(NC(=O)CCOC(C)C)C(=O)O. The lowest BCUT2D eigenvalue weighted by molar-refractivity contribution is -0.143. The summed E-state index contributed by atoms with van der Waals surface area (Å²) in [5.74, 6) is -1.35. The van der Waals surface area contributed by atoms with Gasteiger partial charge in [-0.25, -0.2) is 4.79 Å². The fourth-order valence-electron chi connectivity index (χ4n) is 1.32. The van der Waals surface area contributed by atoms with Crippen molar-refractivity contribution in [1.82, 2.24) is 5.32 Å². The molecule has 0 saturated carbocycles. The minimum absolute atomic E-state index is 0.0765. The number of hydrogen-bond acceptors (Lipinski definition) is 3. The predicted octanol–water partition coefficient (Wildman–Crippen LogP) is 1.42. The van der Waals surface area contributed by atoms with E-state index in [1.165, 1.54) is 0 Å². The third-order valence-electron chi connectivity index (χ3n) is 2.58. The molecule has 5 nitrogen and oxygen atoms in total. The Labute approximate surface area is 103 Å². The van der Waals surface area contributed by atoms with Gasteiger partial charge in [0.05, 0.1) is 12.7 Å². The van der Waals surface area contributed by atoms with E-state index in [9.17, 15) is 9.59 Å². The van der Waals surface area contributed by atoms with Crippen LogP contribution in [0.3, 0.4) is 0 Å². The summed E-state index contributed by atoms with van der Waals surface area (Å²) in [6.45, 7) is 7.79. The lowest BCUT2D eigenvalue weighted by Crippen LogP contribution is -2.45. The maximum atomic E-state index is 11.5. The Morgan fingerprint density at radius 3 is 2.29 bits per heavy atom. The molecule has 0 aliphatic heterocycles. The lowest BCUT2D eigenvalue weighted by Gasteiger charge is -2.20. The molecule has 0 aromatic carbocycles. The molecule has 100 valence electrons. The highest BCUT2D eigenvalue weighted by atomic mass is 16.5. The molecule has 0 heterocycles. The average Bonchev–Trinajstić information content (AvgIpc) is 2.24. The molecule has 17 heavy (non-hydrogen) atoms. The van der Waals surface area contributed by atoms with Gasteiger partial charge in [0.25, 0.3) is 0 Å². The Bertz CT molecular complexity index is 253. The van der Waals surface area contributed by atoms with Crippen LogP contribution in [0.25, 0.3) is 0 Å². The summed E-state index contributed by atoms with van der Waals surface area (Å²) in [5.41, 5.74) is 0. The van der Waals surface area contributed by atoms with Crippen LogP contribution in [-0.2, 0) is 14.3 Å². The van der Waals surface area contributed by atoms with E-state index in [1.54, 1.807) is 0 Å². The van der Waals surface area contributed by atoms with Crippen LogP contribution in [0.4, 0.5) is 0 Å². The smallest absolute Gasteiger partial charge is 0.326 e. The van der Waals surface area contributed by atoms with E-state index in [0.29, 0.717) is 13.0 Å². The Morgan fingerprint density at radius 1 is 1.29 bits per heavy atom. The van der Waals surface area contributed by atoms with Gasteiger partial charge < -0.3 is 15.2 Å². The number of rotatable bonds is 8. The summed E-state index contributed by atoms with van der Waals surface area (Å²) in [6, 6.07) is -0.813. The molecular weight excluding hydrogens is 222 g/mol. The lowest BCUT2D eigenvalue weighted by atomic mass is 9.99. The van der Waals surface area contributed by atoms with Gasteiger partial charge in [0.1, 0.15) is 6.04 Å². The van der Waals surface area contributed by atoms with Crippen LogP contribution in [0.5, 0.6) is 0 Å². The first-order valence-electron chi connectivity index (χ1n) is 6.02. The minimum atomic E-state index is -0.988. The largest absolute Gasteiger partial charge is 0.480 e. The summed E-state index contributed by atoms with van der Waals surface area (Å²) < 4.78 is 5.23. The molecule has 0 aromatic rings. The van der Waals surface area contributed by atoms with Crippen molar-refractivity contribution >= 4 is 11.9 Å². The standard InChI is InChI=1S/C12H23NO4/c1-5-9(4)11(12(15)16)13-10(14)6-7-17-8(2)3/h8-9,11H,5-7H2,1-4H3,(H,13,14)(H,15,16). The Balaban J connectivity index is 4.09. The van der Waals surface area contributed by atoms with Crippen LogP contribution in [0.15, 0.2) is 0 Å². The summed E-state index contributed by atoms with van der Waals surface area (Å²) >= 11 is 0. The third-order valence-corrected chi connectivity index (χ3v) is 2.58. The second kappa shape index (κ2) is 8.06. The van der Waals surface area contributed by atoms with Crippen LogP contribution in [0.2, 0.25) is 0 Å². The maximum Gasteiger partial charge on any atom is 0.326 e. The Hall–Kier alpha value is -1.10. The molecule has 0 aliphatic rings. The van der Waals surface area contributed by atoms with Crippen molar-refractivity contribution in [2.75, 3.05) is 6.61 Å². The Kier molecular flexibility index (Phi) is 7.54. The number of nitrogens with one attached hydrogen (secondary N) is 1. The number of carbonyl (C=O) groups excluding carboxylic acids is 1. The number of ether oxygens (including phenoxy) is 1. The highest BCUT2D eigenvalue weighted by molar-refractivity contribution is 5.83. The first-order chi connectivity index (χ1) is 7.88. The van der Waals surface area contributed by atoms with E-state index in [-0.39, 0.29) is 24.3 Å². The molecule has 0 fully saturated rings. The van der Waals surface area contributed by atoms with Gasteiger partial charge in [-0.3, -0.25) is 4.79 Å². The van der Waals surface area contributed by atoms with Crippen molar-refractivity contribution in [3.05, 3.63) is 0 Å². The molecule has 0 bridgehead atoms. The number of hydrogen-bond donors (Lipinski definition) is 2. The molecule has 0 spiro atoms. The van der Waals surface area contributed by atoms with Gasteiger partial charge >= 0.3 is 5.97 Å². The van der Waals surface area contributed by atoms with Crippen LogP contribution in [0.1, 0.15) is 40.5 Å². The highest BCUT2D eigenvalue weighted by Gasteiger charge is 2.24. The molecule has 0 aromatic heterocycles. The van der Waals surface area contributed by atoms with E-state index in [2.05, 4.69) is 5.32 Å². The Morgan fingerprint density at radius 2 is 1.88 bits per heavy atom. The van der Waals surface area contributed by atoms with Crippen molar-refractivity contribution in [1.29, 1.82) is 0 Å². The normalized spacial score (nSPS) is 14.4. The van der Waals surface area contributed by atoms with Gasteiger partial charge in [-0.2, -0.15) is 0 Å². The molecule has 5 heteroatoms. The molecule has 0 saturated heterocycles. The van der Waals surface area contributed by atoms with Crippen molar-refractivity contribution in [2.24, 2.45) is 5.92 Å². The predicted molar refractivity (Wildman–Crippen MR) is 64.7 cm³/mol. The van der Waals surface area contributed by atoms with Gasteiger partial charge in [-0.05, 0) is 19.8 Å². The molecule has 0 rings (SSSR count). The number of carboxylic acids is 1. The van der Waals surface area contributed by atoms with Gasteiger partial charge in [0, 0.05) is 6.42 Å². The molecule has 2 unspecified atom stereocenters. The van der Waals surface area contributed by atoms with E-state index in [0.717, 1.165) is 0 Å². The van der Waals surface area contributed by atoms with Gasteiger partial charge in [0.15, 0.2) is 0 Å². The quantitative estimate of drug-likeness (QED) is 0.678. The van der Waals surface area contributed by atoms with Crippen molar-refractivity contribution < 1.29 is 19.4 Å². The van der Waals surface area contributed by atoms with Crippen LogP contribution >= 0.6 is 0 Å². The maximum absolute atomic E-state index is 11.5. The number of carbonyl (C=O) groups is 2. The zero-order valence-electron chi connectivity index (χ0n) is 11.0.